The summed E-state index contributed by atoms with van der Waals surface area (Å²) < 4.78 is 5.39. The molecule has 1 saturated heterocycles. The van der Waals surface area contributed by atoms with Crippen LogP contribution in [0.4, 0.5) is 4.79 Å². The molecule has 2 fully saturated rings. The van der Waals surface area contributed by atoms with E-state index in [2.05, 4.69) is 10.6 Å². The molecule has 0 aromatic heterocycles. The molecule has 1 heterocycles. The predicted octanol–water partition coefficient (Wildman–Crippen LogP) is 2.43. The molecule has 1 aliphatic heterocycles. The lowest BCUT2D eigenvalue weighted by Gasteiger charge is -2.49. The topological polar surface area (TPSA) is 50.4 Å². The second-order valence-corrected chi connectivity index (χ2v) is 6.66. The van der Waals surface area contributed by atoms with Gasteiger partial charge in [0.1, 0.15) is 5.60 Å². The Bertz CT molecular complexity index is 299. The SMILES string of the molecule is CC(C)(C)OC(=O)NC1(C2CCNCC2)CCC1. The van der Waals surface area contributed by atoms with E-state index < -0.39 is 5.60 Å². The highest BCUT2D eigenvalue weighted by molar-refractivity contribution is 5.69. The number of carbonyl (C=O) groups excluding carboxylic acids is 1. The highest BCUT2D eigenvalue weighted by atomic mass is 16.6. The summed E-state index contributed by atoms with van der Waals surface area (Å²) >= 11 is 0. The Kier molecular flexibility index (Phi) is 3.85. The van der Waals surface area contributed by atoms with E-state index >= 15 is 0 Å². The molecule has 18 heavy (non-hydrogen) atoms. The molecular formula is C14H26N2O2. The van der Waals surface area contributed by atoms with Crippen LogP contribution in [-0.2, 0) is 4.74 Å². The van der Waals surface area contributed by atoms with Crippen LogP contribution in [0.1, 0.15) is 52.9 Å². The molecule has 0 atom stereocenters. The minimum absolute atomic E-state index is 0.0183. The lowest BCUT2D eigenvalue weighted by atomic mass is 9.65. The highest BCUT2D eigenvalue weighted by Crippen LogP contribution is 2.42. The summed E-state index contributed by atoms with van der Waals surface area (Å²) in [5.74, 6) is 0.611. The van der Waals surface area contributed by atoms with Gasteiger partial charge in [0.2, 0.25) is 0 Å². The summed E-state index contributed by atoms with van der Waals surface area (Å²) in [6, 6.07) is 0. The number of rotatable bonds is 2. The van der Waals surface area contributed by atoms with Gasteiger partial charge in [-0.05, 0) is 71.9 Å². The van der Waals surface area contributed by atoms with Gasteiger partial charge in [-0.25, -0.2) is 4.79 Å². The average Bonchev–Trinajstić information content (AvgIpc) is 2.22. The predicted molar refractivity (Wildman–Crippen MR) is 71.5 cm³/mol. The van der Waals surface area contributed by atoms with Gasteiger partial charge in [-0.3, -0.25) is 0 Å². The van der Waals surface area contributed by atoms with Crippen molar-refractivity contribution in [1.82, 2.24) is 10.6 Å². The molecular weight excluding hydrogens is 228 g/mol. The summed E-state index contributed by atoms with van der Waals surface area (Å²) in [5.41, 5.74) is -0.395. The highest BCUT2D eigenvalue weighted by Gasteiger charge is 2.45. The minimum Gasteiger partial charge on any atom is -0.444 e. The van der Waals surface area contributed by atoms with Gasteiger partial charge in [-0.1, -0.05) is 0 Å². The molecule has 4 heteroatoms. The van der Waals surface area contributed by atoms with Crippen LogP contribution in [0.3, 0.4) is 0 Å². The molecule has 2 aliphatic rings. The van der Waals surface area contributed by atoms with E-state index in [0.29, 0.717) is 5.92 Å². The van der Waals surface area contributed by atoms with Crippen molar-refractivity contribution in [1.29, 1.82) is 0 Å². The first kappa shape index (κ1) is 13.7. The van der Waals surface area contributed by atoms with Crippen molar-refractivity contribution in [2.75, 3.05) is 13.1 Å². The first-order valence-electron chi connectivity index (χ1n) is 7.13. The number of ether oxygens (including phenoxy) is 1. The van der Waals surface area contributed by atoms with E-state index in [0.717, 1.165) is 38.8 Å². The Labute approximate surface area is 110 Å². The number of carbonyl (C=O) groups is 1. The van der Waals surface area contributed by atoms with E-state index in [1.54, 1.807) is 0 Å². The molecule has 0 unspecified atom stereocenters. The van der Waals surface area contributed by atoms with Gasteiger partial charge in [0.25, 0.3) is 0 Å². The van der Waals surface area contributed by atoms with Crippen LogP contribution in [0.25, 0.3) is 0 Å². The maximum absolute atomic E-state index is 12.0. The maximum Gasteiger partial charge on any atom is 0.408 e. The van der Waals surface area contributed by atoms with Crippen LogP contribution in [0.2, 0.25) is 0 Å². The number of hydrogen-bond acceptors (Lipinski definition) is 3. The van der Waals surface area contributed by atoms with E-state index in [-0.39, 0.29) is 11.6 Å². The third-order valence-electron chi connectivity index (χ3n) is 4.12. The zero-order chi connectivity index (χ0) is 13.2. The first-order chi connectivity index (χ1) is 8.41. The van der Waals surface area contributed by atoms with Crippen LogP contribution in [0, 0.1) is 5.92 Å². The molecule has 0 radical (unpaired) electrons. The van der Waals surface area contributed by atoms with Crippen LogP contribution in [-0.4, -0.2) is 30.3 Å². The van der Waals surface area contributed by atoms with Gasteiger partial charge in [-0.15, -0.1) is 0 Å². The van der Waals surface area contributed by atoms with Gasteiger partial charge >= 0.3 is 6.09 Å². The molecule has 0 aromatic carbocycles. The molecule has 1 amide bonds. The second kappa shape index (κ2) is 5.08. The Balaban J connectivity index is 1.93. The molecule has 4 nitrogen and oxygen atoms in total. The normalized spacial score (nSPS) is 24.2. The summed E-state index contributed by atoms with van der Waals surface area (Å²) in [6.45, 7) is 7.87. The maximum atomic E-state index is 12.0. The van der Waals surface area contributed by atoms with E-state index in [1.165, 1.54) is 6.42 Å². The Morgan fingerprint density at radius 2 is 1.89 bits per heavy atom. The van der Waals surface area contributed by atoms with Crippen molar-refractivity contribution in [3.05, 3.63) is 0 Å². The number of alkyl carbamates (subject to hydrolysis) is 1. The summed E-state index contributed by atoms with van der Waals surface area (Å²) in [5, 5.41) is 6.55. The fourth-order valence-corrected chi connectivity index (χ4v) is 3.07. The van der Waals surface area contributed by atoms with Crippen molar-refractivity contribution >= 4 is 6.09 Å². The molecule has 0 spiro atoms. The number of nitrogens with one attached hydrogen (secondary N) is 2. The molecule has 0 bridgehead atoms. The molecule has 2 N–H and O–H groups in total. The number of amides is 1. The van der Waals surface area contributed by atoms with Crippen molar-refractivity contribution in [2.24, 2.45) is 5.92 Å². The van der Waals surface area contributed by atoms with Crippen LogP contribution >= 0.6 is 0 Å². The second-order valence-electron chi connectivity index (χ2n) is 6.66. The first-order valence-corrected chi connectivity index (χ1v) is 7.13. The standard InChI is InChI=1S/C14H26N2O2/c1-13(2,3)18-12(17)16-14(7-4-8-14)11-5-9-15-10-6-11/h11,15H,4-10H2,1-3H3,(H,16,17). The molecule has 1 aliphatic carbocycles. The molecule has 0 aromatic rings. The third-order valence-corrected chi connectivity index (χ3v) is 4.12. The molecule has 1 saturated carbocycles. The van der Waals surface area contributed by atoms with E-state index in [1.807, 2.05) is 20.8 Å². The lowest BCUT2D eigenvalue weighted by Crippen LogP contribution is -2.60. The number of hydrogen-bond donors (Lipinski definition) is 2. The van der Waals surface area contributed by atoms with Crippen LogP contribution in [0.15, 0.2) is 0 Å². The van der Waals surface area contributed by atoms with E-state index in [9.17, 15) is 4.79 Å². The zero-order valence-corrected chi connectivity index (χ0v) is 11.8. The Hall–Kier alpha value is -0.770. The Morgan fingerprint density at radius 3 is 2.33 bits per heavy atom. The number of piperidine rings is 1. The molecule has 104 valence electrons. The van der Waals surface area contributed by atoms with Crippen molar-refractivity contribution < 1.29 is 9.53 Å². The summed E-state index contributed by atoms with van der Waals surface area (Å²) in [7, 11) is 0. The zero-order valence-electron chi connectivity index (χ0n) is 11.8. The fraction of sp³-hybridized carbons (Fsp3) is 0.929. The van der Waals surface area contributed by atoms with Crippen LogP contribution < -0.4 is 10.6 Å². The largest absolute Gasteiger partial charge is 0.444 e. The van der Waals surface area contributed by atoms with Gasteiger partial charge < -0.3 is 15.4 Å². The summed E-state index contributed by atoms with van der Waals surface area (Å²) in [6.07, 6.45) is 5.51. The van der Waals surface area contributed by atoms with Gasteiger partial charge in [0, 0.05) is 5.54 Å². The van der Waals surface area contributed by atoms with Gasteiger partial charge in [0.05, 0.1) is 0 Å². The van der Waals surface area contributed by atoms with Crippen molar-refractivity contribution in [3.8, 4) is 0 Å². The lowest BCUT2D eigenvalue weighted by molar-refractivity contribution is 0.0222. The van der Waals surface area contributed by atoms with Gasteiger partial charge in [0.15, 0.2) is 0 Å². The molecule has 2 rings (SSSR count). The van der Waals surface area contributed by atoms with Crippen LogP contribution in [0.5, 0.6) is 0 Å². The Morgan fingerprint density at radius 1 is 1.28 bits per heavy atom. The smallest absolute Gasteiger partial charge is 0.408 e. The quantitative estimate of drug-likeness (QED) is 0.795. The monoisotopic (exact) mass is 254 g/mol. The minimum atomic E-state index is -0.414. The third kappa shape index (κ3) is 3.16. The van der Waals surface area contributed by atoms with Crippen molar-refractivity contribution in [3.63, 3.8) is 0 Å². The fourth-order valence-electron chi connectivity index (χ4n) is 3.07. The average molecular weight is 254 g/mol. The summed E-state index contributed by atoms with van der Waals surface area (Å²) in [4.78, 5) is 12.0. The van der Waals surface area contributed by atoms with Crippen molar-refractivity contribution in [2.45, 2.75) is 64.0 Å². The van der Waals surface area contributed by atoms with E-state index in [4.69, 9.17) is 4.74 Å². The van der Waals surface area contributed by atoms with Gasteiger partial charge in [-0.2, -0.15) is 0 Å².